The summed E-state index contributed by atoms with van der Waals surface area (Å²) in [4.78, 5) is 21.3. The molecule has 2 aromatic carbocycles. The van der Waals surface area contributed by atoms with Gasteiger partial charge in [-0.15, -0.1) is 0 Å². The normalized spacial score (nSPS) is 11.3. The summed E-state index contributed by atoms with van der Waals surface area (Å²) in [6.07, 6.45) is 0.968. The van der Waals surface area contributed by atoms with Crippen molar-refractivity contribution in [1.29, 1.82) is 0 Å². The molecule has 2 aromatic heterocycles. The molecule has 0 aliphatic heterocycles. The van der Waals surface area contributed by atoms with E-state index in [0.29, 0.717) is 18.4 Å². The molecule has 206 valence electrons. The molecule has 0 aliphatic rings. The van der Waals surface area contributed by atoms with Crippen LogP contribution in [-0.4, -0.2) is 71.8 Å². The highest BCUT2D eigenvalue weighted by molar-refractivity contribution is 5.59. The van der Waals surface area contributed by atoms with E-state index < -0.39 is 11.6 Å². The van der Waals surface area contributed by atoms with Gasteiger partial charge in [-0.05, 0) is 50.2 Å². The largest absolute Gasteiger partial charge is 0.385 e. The molecule has 0 atom stereocenters. The van der Waals surface area contributed by atoms with Gasteiger partial charge in [0, 0.05) is 63.2 Å². The molecular weight excluding hydrogens is 506 g/mol. The van der Waals surface area contributed by atoms with Gasteiger partial charge in [0.15, 0.2) is 0 Å². The van der Waals surface area contributed by atoms with Crippen LogP contribution in [0, 0.1) is 11.6 Å². The third-order valence-corrected chi connectivity index (χ3v) is 6.25. The third kappa shape index (κ3) is 7.55. The number of nitrogens with zero attached hydrogens (tertiary/aromatic N) is 6. The van der Waals surface area contributed by atoms with E-state index in [-0.39, 0.29) is 23.4 Å². The number of hydrogen-bond acceptors (Lipinski definition) is 8. The van der Waals surface area contributed by atoms with Crippen LogP contribution in [0.4, 0.5) is 14.8 Å². The maximum absolute atomic E-state index is 13.7. The minimum atomic E-state index is -0.715. The summed E-state index contributed by atoms with van der Waals surface area (Å²) in [7, 11) is 3.77. The Hall–Kier alpha value is -3.96. The van der Waals surface area contributed by atoms with Crippen molar-refractivity contribution in [2.24, 2.45) is 0 Å². The van der Waals surface area contributed by atoms with Crippen LogP contribution in [-0.2, 0) is 11.3 Å². The lowest BCUT2D eigenvalue weighted by atomic mass is 10.1. The Balaban J connectivity index is 1.47. The molecule has 4 rings (SSSR count). The fraction of sp³-hybridized carbons (Fsp3) is 0.357. The minimum absolute atomic E-state index is 0.152. The van der Waals surface area contributed by atoms with Crippen LogP contribution in [0.2, 0.25) is 0 Å². The predicted octanol–water partition coefficient (Wildman–Crippen LogP) is 4.08. The fourth-order valence-electron chi connectivity index (χ4n) is 4.13. The smallest absolute Gasteiger partial charge is 0.324 e. The first-order valence-electron chi connectivity index (χ1n) is 12.8. The standard InChI is InChI=1S/C28H32F2N6O3/c1-4-35(13-12-34(2)11-6-14-38-3)28-31-27(33-39-28)21-8-5-7-20(15-21)19-36-26(37)10-9-25(32-36)22-16-23(29)18-24(30)17-22/h5,7-10,15-18H,4,6,11-14,19H2,1-3H3. The van der Waals surface area contributed by atoms with E-state index in [4.69, 9.17) is 9.26 Å². The van der Waals surface area contributed by atoms with Crippen LogP contribution in [0.3, 0.4) is 0 Å². The molecule has 0 saturated carbocycles. The highest BCUT2D eigenvalue weighted by atomic mass is 19.1. The Bertz CT molecular complexity index is 1420. The van der Waals surface area contributed by atoms with Crippen LogP contribution in [0.15, 0.2) is 63.9 Å². The van der Waals surface area contributed by atoms with Crippen LogP contribution in [0.5, 0.6) is 0 Å². The number of benzene rings is 2. The first kappa shape index (κ1) is 28.1. The minimum Gasteiger partial charge on any atom is -0.385 e. The van der Waals surface area contributed by atoms with Gasteiger partial charge >= 0.3 is 6.01 Å². The van der Waals surface area contributed by atoms with Gasteiger partial charge < -0.3 is 19.1 Å². The molecule has 2 heterocycles. The Labute approximate surface area is 225 Å². The average molecular weight is 539 g/mol. The lowest BCUT2D eigenvalue weighted by Crippen LogP contribution is -2.34. The number of ether oxygens (including phenoxy) is 1. The zero-order valence-corrected chi connectivity index (χ0v) is 22.3. The number of rotatable bonds is 13. The molecule has 0 saturated heterocycles. The van der Waals surface area contributed by atoms with Crippen molar-refractivity contribution in [3.63, 3.8) is 0 Å². The summed E-state index contributed by atoms with van der Waals surface area (Å²) in [5.74, 6) is -0.997. The molecule has 0 N–H and O–H groups in total. The van der Waals surface area contributed by atoms with E-state index in [2.05, 4.69) is 27.2 Å². The van der Waals surface area contributed by atoms with Crippen molar-refractivity contribution in [1.82, 2.24) is 24.8 Å². The quantitative estimate of drug-likeness (QED) is 0.235. The third-order valence-electron chi connectivity index (χ3n) is 6.25. The number of likely N-dealkylation sites (N-methyl/N-ethyl adjacent to an activating group) is 2. The zero-order chi connectivity index (χ0) is 27.8. The molecule has 39 heavy (non-hydrogen) atoms. The number of methoxy groups -OCH3 is 1. The lowest BCUT2D eigenvalue weighted by Gasteiger charge is -2.22. The van der Waals surface area contributed by atoms with Crippen LogP contribution in [0.25, 0.3) is 22.6 Å². The molecule has 9 nitrogen and oxygen atoms in total. The van der Waals surface area contributed by atoms with Gasteiger partial charge in [-0.3, -0.25) is 4.79 Å². The van der Waals surface area contributed by atoms with Gasteiger partial charge in [0.25, 0.3) is 5.56 Å². The highest BCUT2D eigenvalue weighted by Gasteiger charge is 2.16. The van der Waals surface area contributed by atoms with E-state index >= 15 is 0 Å². The molecular formula is C28H32F2N6O3. The van der Waals surface area contributed by atoms with E-state index in [1.165, 1.54) is 28.9 Å². The first-order valence-corrected chi connectivity index (χ1v) is 12.8. The topological polar surface area (TPSA) is 89.5 Å². The van der Waals surface area contributed by atoms with Crippen molar-refractivity contribution in [2.45, 2.75) is 19.9 Å². The summed E-state index contributed by atoms with van der Waals surface area (Å²) in [6, 6.07) is 13.8. The second kappa shape index (κ2) is 13.2. The van der Waals surface area contributed by atoms with Crippen molar-refractivity contribution in [3.05, 3.63) is 82.1 Å². The second-order valence-electron chi connectivity index (χ2n) is 9.20. The monoisotopic (exact) mass is 538 g/mol. The Morgan fingerprint density at radius 1 is 1.00 bits per heavy atom. The van der Waals surface area contributed by atoms with Crippen molar-refractivity contribution < 1.29 is 18.0 Å². The highest BCUT2D eigenvalue weighted by Crippen LogP contribution is 2.22. The van der Waals surface area contributed by atoms with Gasteiger partial charge in [-0.25, -0.2) is 13.5 Å². The molecule has 0 spiro atoms. The van der Waals surface area contributed by atoms with Crippen LogP contribution in [0.1, 0.15) is 18.9 Å². The molecule has 11 heteroatoms. The zero-order valence-electron chi connectivity index (χ0n) is 22.3. The van der Waals surface area contributed by atoms with Crippen LogP contribution < -0.4 is 10.5 Å². The summed E-state index contributed by atoms with van der Waals surface area (Å²) >= 11 is 0. The van der Waals surface area contributed by atoms with Crippen molar-refractivity contribution >= 4 is 6.01 Å². The number of halogens is 2. The lowest BCUT2D eigenvalue weighted by molar-refractivity contribution is 0.180. The van der Waals surface area contributed by atoms with E-state index in [0.717, 1.165) is 49.9 Å². The molecule has 0 bridgehead atoms. The first-order chi connectivity index (χ1) is 18.9. The van der Waals surface area contributed by atoms with E-state index in [9.17, 15) is 13.6 Å². The van der Waals surface area contributed by atoms with Gasteiger partial charge in [0.05, 0.1) is 12.2 Å². The summed E-state index contributed by atoms with van der Waals surface area (Å²) in [5.41, 5.74) is 1.70. The van der Waals surface area contributed by atoms with E-state index in [1.54, 1.807) is 7.11 Å². The molecule has 0 fully saturated rings. The Morgan fingerprint density at radius 2 is 1.79 bits per heavy atom. The maximum Gasteiger partial charge on any atom is 0.324 e. The average Bonchev–Trinajstić information content (AvgIpc) is 3.40. The summed E-state index contributed by atoms with van der Waals surface area (Å²) in [6.45, 7) is 6.15. The van der Waals surface area contributed by atoms with E-state index in [1.807, 2.05) is 36.1 Å². The van der Waals surface area contributed by atoms with Crippen molar-refractivity contribution in [3.8, 4) is 22.6 Å². The SMILES string of the molecule is CCN(CCN(C)CCCOC)c1nc(-c2cccc(Cn3nc(-c4cc(F)cc(F)c4)ccc3=O)c2)no1. The van der Waals surface area contributed by atoms with Gasteiger partial charge in [0.2, 0.25) is 5.82 Å². The van der Waals surface area contributed by atoms with Crippen molar-refractivity contribution in [2.75, 3.05) is 51.8 Å². The molecule has 0 unspecified atom stereocenters. The molecule has 4 aromatic rings. The predicted molar refractivity (Wildman–Crippen MR) is 145 cm³/mol. The van der Waals surface area contributed by atoms with Gasteiger partial charge in [-0.2, -0.15) is 10.1 Å². The molecule has 0 radical (unpaired) electrons. The Kier molecular flexibility index (Phi) is 9.50. The Morgan fingerprint density at radius 3 is 2.54 bits per heavy atom. The summed E-state index contributed by atoms with van der Waals surface area (Å²) < 4.78 is 39.3. The van der Waals surface area contributed by atoms with Crippen LogP contribution >= 0.6 is 0 Å². The number of aromatic nitrogens is 4. The number of anilines is 1. The number of hydrogen-bond donors (Lipinski definition) is 0. The summed E-state index contributed by atoms with van der Waals surface area (Å²) in [5, 5.41) is 8.49. The van der Waals surface area contributed by atoms with Gasteiger partial charge in [0.1, 0.15) is 11.6 Å². The fourth-order valence-corrected chi connectivity index (χ4v) is 4.13. The molecule has 0 aliphatic carbocycles. The maximum atomic E-state index is 13.7. The molecule has 0 amide bonds. The second-order valence-corrected chi connectivity index (χ2v) is 9.20. The van der Waals surface area contributed by atoms with Gasteiger partial charge in [-0.1, -0.05) is 23.4 Å².